The van der Waals surface area contributed by atoms with Gasteiger partial charge in [-0.1, -0.05) is 30.3 Å². The first-order valence-corrected chi connectivity index (χ1v) is 6.79. The quantitative estimate of drug-likeness (QED) is 0.567. The second kappa shape index (κ2) is 9.47. The molecule has 20 heavy (non-hydrogen) atoms. The number of aliphatic carboxylic acids is 1. The molecule has 0 aliphatic carbocycles. The van der Waals surface area contributed by atoms with Gasteiger partial charge in [-0.05, 0) is 24.8 Å². The molecule has 0 saturated carbocycles. The molecule has 0 radical (unpaired) electrons. The molecular formula is C15H22O5. The molecule has 1 aromatic rings. The van der Waals surface area contributed by atoms with E-state index in [4.69, 9.17) is 9.84 Å². The summed E-state index contributed by atoms with van der Waals surface area (Å²) in [5.41, 5.74) is 1.09. The number of hydrogen-bond acceptors (Lipinski definition) is 4. The molecular weight excluding hydrogens is 260 g/mol. The minimum absolute atomic E-state index is 0.0708. The average molecular weight is 282 g/mol. The van der Waals surface area contributed by atoms with E-state index >= 15 is 0 Å². The molecule has 3 N–H and O–H groups in total. The molecule has 0 aliphatic heterocycles. The van der Waals surface area contributed by atoms with E-state index in [1.807, 2.05) is 30.3 Å². The second-order valence-electron chi connectivity index (χ2n) is 4.75. The lowest BCUT2D eigenvalue weighted by Crippen LogP contribution is -2.26. The Morgan fingerprint density at radius 3 is 2.40 bits per heavy atom. The van der Waals surface area contributed by atoms with E-state index in [1.165, 1.54) is 0 Å². The summed E-state index contributed by atoms with van der Waals surface area (Å²) >= 11 is 0. The Balaban J connectivity index is 2.06. The maximum absolute atomic E-state index is 10.3. The summed E-state index contributed by atoms with van der Waals surface area (Å²) < 4.78 is 5.46. The van der Waals surface area contributed by atoms with Crippen LogP contribution >= 0.6 is 0 Å². The van der Waals surface area contributed by atoms with Crippen LogP contribution in [-0.4, -0.2) is 40.1 Å². The Morgan fingerprint density at radius 1 is 1.10 bits per heavy atom. The number of rotatable bonds is 10. The Labute approximate surface area is 118 Å². The molecule has 112 valence electrons. The van der Waals surface area contributed by atoms with E-state index in [1.54, 1.807) is 0 Å². The van der Waals surface area contributed by atoms with Crippen molar-refractivity contribution in [2.45, 2.75) is 44.5 Å². The minimum atomic E-state index is -0.986. The van der Waals surface area contributed by atoms with Crippen LogP contribution < -0.4 is 0 Å². The van der Waals surface area contributed by atoms with Crippen molar-refractivity contribution in [3.8, 4) is 0 Å². The monoisotopic (exact) mass is 282 g/mol. The van der Waals surface area contributed by atoms with Crippen molar-refractivity contribution in [1.82, 2.24) is 0 Å². The zero-order valence-corrected chi connectivity index (χ0v) is 11.4. The Bertz CT molecular complexity index is 379. The van der Waals surface area contributed by atoms with Gasteiger partial charge in [0.15, 0.2) is 0 Å². The van der Waals surface area contributed by atoms with Gasteiger partial charge in [-0.25, -0.2) is 0 Å². The van der Waals surface area contributed by atoms with Gasteiger partial charge in [-0.15, -0.1) is 0 Å². The molecule has 1 rings (SSSR count). The fourth-order valence-corrected chi connectivity index (χ4v) is 1.81. The maximum atomic E-state index is 10.3. The molecule has 0 aliphatic rings. The predicted molar refractivity (Wildman–Crippen MR) is 74.2 cm³/mol. The molecule has 0 bridgehead atoms. The Hall–Kier alpha value is -1.43. The van der Waals surface area contributed by atoms with Crippen molar-refractivity contribution < 1.29 is 24.9 Å². The SMILES string of the molecule is O=C(O)CC[C@@H](O)[C@@H](O)CCCOCc1ccccc1. The van der Waals surface area contributed by atoms with Gasteiger partial charge >= 0.3 is 5.97 Å². The van der Waals surface area contributed by atoms with Crippen LogP contribution in [0.5, 0.6) is 0 Å². The van der Waals surface area contributed by atoms with Crippen molar-refractivity contribution in [3.05, 3.63) is 35.9 Å². The number of ether oxygens (including phenoxy) is 1. The molecule has 0 saturated heterocycles. The van der Waals surface area contributed by atoms with Crippen LogP contribution in [0, 0.1) is 0 Å². The Kier molecular flexibility index (Phi) is 7.87. The third-order valence-electron chi connectivity index (χ3n) is 3.00. The van der Waals surface area contributed by atoms with Crippen LogP contribution in [0.1, 0.15) is 31.2 Å². The van der Waals surface area contributed by atoms with Gasteiger partial charge < -0.3 is 20.1 Å². The second-order valence-corrected chi connectivity index (χ2v) is 4.75. The third kappa shape index (κ3) is 7.23. The highest BCUT2D eigenvalue weighted by Crippen LogP contribution is 2.09. The van der Waals surface area contributed by atoms with Gasteiger partial charge in [-0.3, -0.25) is 4.79 Å². The molecule has 2 atom stereocenters. The van der Waals surface area contributed by atoms with E-state index in [2.05, 4.69) is 0 Å². The van der Waals surface area contributed by atoms with Crippen LogP contribution in [0.25, 0.3) is 0 Å². The van der Waals surface area contributed by atoms with Gasteiger partial charge in [-0.2, -0.15) is 0 Å². The van der Waals surface area contributed by atoms with E-state index in [0.29, 0.717) is 26.1 Å². The summed E-state index contributed by atoms with van der Waals surface area (Å²) in [6.45, 7) is 1.02. The summed E-state index contributed by atoms with van der Waals surface area (Å²) in [5, 5.41) is 27.7. The van der Waals surface area contributed by atoms with Crippen LogP contribution in [0.2, 0.25) is 0 Å². The third-order valence-corrected chi connectivity index (χ3v) is 3.00. The van der Waals surface area contributed by atoms with Crippen molar-refractivity contribution >= 4 is 5.97 Å². The molecule has 5 heteroatoms. The number of carboxylic acid groups (broad SMARTS) is 1. The molecule has 5 nitrogen and oxygen atoms in total. The lowest BCUT2D eigenvalue weighted by Gasteiger charge is -2.16. The van der Waals surface area contributed by atoms with Crippen LogP contribution in [0.4, 0.5) is 0 Å². The zero-order valence-electron chi connectivity index (χ0n) is 11.4. The minimum Gasteiger partial charge on any atom is -0.481 e. The molecule has 0 heterocycles. The summed E-state index contributed by atoms with van der Waals surface area (Å²) in [6, 6.07) is 9.79. The highest BCUT2D eigenvalue weighted by atomic mass is 16.5. The summed E-state index contributed by atoms with van der Waals surface area (Å²) in [5.74, 6) is -0.970. The molecule has 0 unspecified atom stereocenters. The van der Waals surface area contributed by atoms with Gasteiger partial charge in [0.05, 0.1) is 18.8 Å². The standard InChI is InChI=1S/C15H22O5/c16-13(14(17)8-9-15(18)19)7-4-10-20-11-12-5-2-1-3-6-12/h1-3,5-6,13-14,16-17H,4,7-11H2,(H,18,19)/t13-,14+/m0/s1. The lowest BCUT2D eigenvalue weighted by atomic mass is 10.0. The van der Waals surface area contributed by atoms with E-state index < -0.39 is 18.2 Å². The zero-order chi connectivity index (χ0) is 14.8. The van der Waals surface area contributed by atoms with Crippen molar-refractivity contribution in [2.24, 2.45) is 0 Å². The number of aliphatic hydroxyl groups is 2. The first kappa shape index (κ1) is 16.6. The van der Waals surface area contributed by atoms with Crippen molar-refractivity contribution in [2.75, 3.05) is 6.61 Å². The van der Waals surface area contributed by atoms with Crippen molar-refractivity contribution in [3.63, 3.8) is 0 Å². The first-order valence-electron chi connectivity index (χ1n) is 6.79. The number of carboxylic acids is 1. The summed E-state index contributed by atoms with van der Waals surface area (Å²) in [4.78, 5) is 10.3. The molecule has 0 spiro atoms. The van der Waals surface area contributed by atoms with Crippen LogP contribution in [0.3, 0.4) is 0 Å². The molecule has 0 amide bonds. The Morgan fingerprint density at radius 2 is 1.75 bits per heavy atom. The van der Waals surface area contributed by atoms with Gasteiger partial charge in [0.2, 0.25) is 0 Å². The van der Waals surface area contributed by atoms with Gasteiger partial charge in [0.25, 0.3) is 0 Å². The first-order chi connectivity index (χ1) is 9.59. The lowest BCUT2D eigenvalue weighted by molar-refractivity contribution is -0.138. The van der Waals surface area contributed by atoms with Gasteiger partial charge in [0.1, 0.15) is 0 Å². The van der Waals surface area contributed by atoms with Crippen molar-refractivity contribution in [1.29, 1.82) is 0 Å². The maximum Gasteiger partial charge on any atom is 0.303 e. The number of benzene rings is 1. The largest absolute Gasteiger partial charge is 0.481 e. The summed E-state index contributed by atoms with van der Waals surface area (Å²) in [7, 11) is 0. The smallest absolute Gasteiger partial charge is 0.303 e. The fraction of sp³-hybridized carbons (Fsp3) is 0.533. The highest BCUT2D eigenvalue weighted by molar-refractivity contribution is 5.66. The van der Waals surface area contributed by atoms with E-state index in [0.717, 1.165) is 5.56 Å². The topological polar surface area (TPSA) is 87.0 Å². The fourth-order valence-electron chi connectivity index (χ4n) is 1.81. The van der Waals surface area contributed by atoms with E-state index in [-0.39, 0.29) is 12.8 Å². The average Bonchev–Trinajstić information content (AvgIpc) is 2.45. The number of carbonyl (C=O) groups is 1. The van der Waals surface area contributed by atoms with E-state index in [9.17, 15) is 15.0 Å². The number of hydrogen-bond donors (Lipinski definition) is 3. The summed E-state index contributed by atoms with van der Waals surface area (Å²) in [6.07, 6.45) is -0.924. The van der Waals surface area contributed by atoms with Crippen LogP contribution in [0.15, 0.2) is 30.3 Å². The van der Waals surface area contributed by atoms with Crippen LogP contribution in [-0.2, 0) is 16.1 Å². The number of aliphatic hydroxyl groups excluding tert-OH is 2. The molecule has 0 aromatic heterocycles. The molecule has 0 fully saturated rings. The van der Waals surface area contributed by atoms with Gasteiger partial charge in [0, 0.05) is 13.0 Å². The predicted octanol–water partition coefficient (Wildman–Crippen LogP) is 1.57. The molecule has 1 aromatic carbocycles. The normalized spacial score (nSPS) is 13.9. The highest BCUT2D eigenvalue weighted by Gasteiger charge is 2.16.